The van der Waals surface area contributed by atoms with E-state index in [0.717, 1.165) is 0 Å². The van der Waals surface area contributed by atoms with Gasteiger partial charge >= 0.3 is 0 Å². The number of morpholine rings is 1. The highest BCUT2D eigenvalue weighted by Gasteiger charge is 2.32. The van der Waals surface area contributed by atoms with Crippen molar-refractivity contribution in [2.24, 2.45) is 0 Å². The molecule has 6 nitrogen and oxygen atoms in total. The smallest absolute Gasteiger partial charge is 0.270 e. The van der Waals surface area contributed by atoms with Crippen LogP contribution in [0.1, 0.15) is 24.2 Å². The number of nitro benzene ring substituents is 1. The average Bonchev–Trinajstić information content (AvgIpc) is 2.41. The number of hydrogen-bond donors (Lipinski definition) is 0. The minimum Gasteiger partial charge on any atom is -0.378 e. The van der Waals surface area contributed by atoms with Gasteiger partial charge in [-0.25, -0.2) is 0 Å². The molecule has 1 aliphatic heterocycles. The molecule has 0 amide bonds. The Morgan fingerprint density at radius 1 is 1.50 bits per heavy atom. The highest BCUT2D eigenvalue weighted by molar-refractivity contribution is 5.98. The van der Waals surface area contributed by atoms with Crippen LogP contribution < -0.4 is 0 Å². The lowest BCUT2D eigenvalue weighted by atomic mass is 10.0. The zero-order chi connectivity index (χ0) is 14.8. The monoisotopic (exact) mass is 278 g/mol. The molecular formula is C14H18N2O4. The van der Waals surface area contributed by atoms with Crippen LogP contribution in [-0.2, 0) is 4.74 Å². The first-order chi connectivity index (χ1) is 9.40. The van der Waals surface area contributed by atoms with Crippen molar-refractivity contribution in [3.05, 3.63) is 39.9 Å². The van der Waals surface area contributed by atoms with Crippen molar-refractivity contribution in [3.63, 3.8) is 0 Å². The summed E-state index contributed by atoms with van der Waals surface area (Å²) in [4.78, 5) is 24.6. The molecule has 1 aliphatic rings. The van der Waals surface area contributed by atoms with E-state index in [9.17, 15) is 14.9 Å². The Morgan fingerprint density at radius 3 is 2.90 bits per heavy atom. The fourth-order valence-electron chi connectivity index (χ4n) is 2.24. The largest absolute Gasteiger partial charge is 0.378 e. The topological polar surface area (TPSA) is 72.7 Å². The summed E-state index contributed by atoms with van der Waals surface area (Å²) in [6.45, 7) is 6.16. The standard InChI is InChI=1S/C14H18N2O4/c1-14(2)10-20-7-6-15(14)9-13(17)11-4-3-5-12(8-11)16(18)19/h3-5,8H,6-7,9-10H2,1-2H3. The zero-order valence-electron chi connectivity index (χ0n) is 11.7. The molecule has 0 unspecified atom stereocenters. The number of rotatable bonds is 4. The molecule has 2 rings (SSSR count). The van der Waals surface area contributed by atoms with Crippen molar-refractivity contribution < 1.29 is 14.5 Å². The first kappa shape index (κ1) is 14.6. The lowest BCUT2D eigenvalue weighted by Crippen LogP contribution is -2.54. The van der Waals surface area contributed by atoms with Gasteiger partial charge in [-0.2, -0.15) is 0 Å². The van der Waals surface area contributed by atoms with Gasteiger partial charge < -0.3 is 4.74 Å². The van der Waals surface area contributed by atoms with Gasteiger partial charge in [0.1, 0.15) is 0 Å². The van der Waals surface area contributed by atoms with E-state index in [-0.39, 0.29) is 23.6 Å². The fraction of sp³-hybridized carbons (Fsp3) is 0.500. The van der Waals surface area contributed by atoms with Crippen molar-refractivity contribution in [1.82, 2.24) is 4.90 Å². The van der Waals surface area contributed by atoms with Crippen molar-refractivity contribution >= 4 is 11.5 Å². The van der Waals surface area contributed by atoms with Crippen molar-refractivity contribution in [3.8, 4) is 0 Å². The Balaban J connectivity index is 2.12. The third-order valence-corrected chi connectivity index (χ3v) is 3.53. The van der Waals surface area contributed by atoms with Crippen LogP contribution in [0.3, 0.4) is 0 Å². The molecule has 0 aliphatic carbocycles. The van der Waals surface area contributed by atoms with E-state index >= 15 is 0 Å². The van der Waals surface area contributed by atoms with Crippen molar-refractivity contribution in [1.29, 1.82) is 0 Å². The number of ether oxygens (including phenoxy) is 1. The molecule has 1 aromatic rings. The molecule has 0 N–H and O–H groups in total. The highest BCUT2D eigenvalue weighted by atomic mass is 16.6. The third kappa shape index (κ3) is 3.20. The van der Waals surface area contributed by atoms with Crippen LogP contribution in [-0.4, -0.2) is 47.4 Å². The van der Waals surface area contributed by atoms with Gasteiger partial charge in [-0.3, -0.25) is 19.8 Å². The van der Waals surface area contributed by atoms with Crippen LogP contribution in [0, 0.1) is 10.1 Å². The van der Waals surface area contributed by atoms with E-state index in [1.807, 2.05) is 13.8 Å². The number of nitro groups is 1. The molecule has 1 heterocycles. The summed E-state index contributed by atoms with van der Waals surface area (Å²) < 4.78 is 5.41. The van der Waals surface area contributed by atoms with E-state index in [1.54, 1.807) is 6.07 Å². The van der Waals surface area contributed by atoms with Crippen LogP contribution in [0.2, 0.25) is 0 Å². The first-order valence-corrected chi connectivity index (χ1v) is 6.50. The number of benzene rings is 1. The maximum atomic E-state index is 12.3. The maximum Gasteiger partial charge on any atom is 0.270 e. The lowest BCUT2D eigenvalue weighted by molar-refractivity contribution is -0.384. The fourth-order valence-corrected chi connectivity index (χ4v) is 2.24. The Labute approximate surface area is 117 Å². The summed E-state index contributed by atoms with van der Waals surface area (Å²) in [7, 11) is 0. The summed E-state index contributed by atoms with van der Waals surface area (Å²) in [5.74, 6) is -0.108. The number of hydrogen-bond acceptors (Lipinski definition) is 5. The Bertz CT molecular complexity index is 528. The Hall–Kier alpha value is -1.79. The van der Waals surface area contributed by atoms with E-state index in [0.29, 0.717) is 25.3 Å². The average molecular weight is 278 g/mol. The number of non-ortho nitro benzene ring substituents is 1. The van der Waals surface area contributed by atoms with Gasteiger partial charge in [0.05, 0.1) is 24.7 Å². The summed E-state index contributed by atoms with van der Waals surface area (Å²) in [5, 5.41) is 10.7. The highest BCUT2D eigenvalue weighted by Crippen LogP contribution is 2.20. The lowest BCUT2D eigenvalue weighted by Gasteiger charge is -2.41. The van der Waals surface area contributed by atoms with E-state index < -0.39 is 4.92 Å². The summed E-state index contributed by atoms with van der Waals surface area (Å²) in [6.07, 6.45) is 0. The summed E-state index contributed by atoms with van der Waals surface area (Å²) in [6, 6.07) is 5.86. The zero-order valence-corrected chi connectivity index (χ0v) is 11.7. The van der Waals surface area contributed by atoms with Crippen LogP contribution in [0.4, 0.5) is 5.69 Å². The molecule has 1 fully saturated rings. The van der Waals surface area contributed by atoms with Crippen LogP contribution in [0.15, 0.2) is 24.3 Å². The summed E-state index contributed by atoms with van der Waals surface area (Å²) >= 11 is 0. The van der Waals surface area contributed by atoms with Gasteiger partial charge in [0.15, 0.2) is 5.78 Å². The molecule has 0 saturated carbocycles. The molecular weight excluding hydrogens is 260 g/mol. The molecule has 0 atom stereocenters. The Morgan fingerprint density at radius 2 is 2.25 bits per heavy atom. The van der Waals surface area contributed by atoms with Gasteiger partial charge in [-0.05, 0) is 13.8 Å². The van der Waals surface area contributed by atoms with Gasteiger partial charge in [-0.1, -0.05) is 12.1 Å². The van der Waals surface area contributed by atoms with Crippen molar-refractivity contribution in [2.45, 2.75) is 19.4 Å². The molecule has 1 aromatic carbocycles. The predicted octanol–water partition coefficient (Wildman–Crippen LogP) is 1.89. The first-order valence-electron chi connectivity index (χ1n) is 6.50. The minimum atomic E-state index is -0.491. The number of Topliss-reactive ketones (excluding diaryl/α,β-unsaturated/α-hetero) is 1. The maximum absolute atomic E-state index is 12.3. The second-order valence-electron chi connectivity index (χ2n) is 5.52. The Kier molecular flexibility index (Phi) is 4.15. The normalized spacial score (nSPS) is 18.7. The SMILES string of the molecule is CC1(C)COCCN1CC(=O)c1cccc([N+](=O)[O-])c1. The number of carbonyl (C=O) groups is 1. The predicted molar refractivity (Wildman–Crippen MR) is 73.9 cm³/mol. The quantitative estimate of drug-likeness (QED) is 0.477. The van der Waals surface area contributed by atoms with Crippen LogP contribution >= 0.6 is 0 Å². The molecule has 6 heteroatoms. The number of nitrogens with zero attached hydrogens (tertiary/aromatic N) is 2. The van der Waals surface area contributed by atoms with Gasteiger partial charge in [0.2, 0.25) is 0 Å². The molecule has 0 radical (unpaired) electrons. The molecule has 1 saturated heterocycles. The number of ketones is 1. The van der Waals surface area contributed by atoms with Gasteiger partial charge in [-0.15, -0.1) is 0 Å². The van der Waals surface area contributed by atoms with Crippen molar-refractivity contribution in [2.75, 3.05) is 26.3 Å². The van der Waals surface area contributed by atoms with E-state index in [4.69, 9.17) is 4.74 Å². The molecule has 0 bridgehead atoms. The van der Waals surface area contributed by atoms with E-state index in [1.165, 1.54) is 18.2 Å². The minimum absolute atomic E-state index is 0.0583. The van der Waals surface area contributed by atoms with Crippen LogP contribution in [0.5, 0.6) is 0 Å². The third-order valence-electron chi connectivity index (χ3n) is 3.53. The molecule has 20 heavy (non-hydrogen) atoms. The molecule has 0 aromatic heterocycles. The van der Waals surface area contributed by atoms with Crippen LogP contribution in [0.25, 0.3) is 0 Å². The second-order valence-corrected chi connectivity index (χ2v) is 5.52. The molecule has 108 valence electrons. The number of carbonyl (C=O) groups excluding carboxylic acids is 1. The molecule has 0 spiro atoms. The van der Waals surface area contributed by atoms with E-state index in [2.05, 4.69) is 4.90 Å². The summed E-state index contributed by atoms with van der Waals surface area (Å²) in [5.41, 5.74) is 0.118. The van der Waals surface area contributed by atoms with Gasteiger partial charge in [0.25, 0.3) is 5.69 Å². The van der Waals surface area contributed by atoms with Gasteiger partial charge in [0, 0.05) is 29.8 Å². The second kappa shape index (κ2) is 5.68.